The molecule has 1 aliphatic rings. The van der Waals surface area contributed by atoms with Crippen LogP contribution in [0.1, 0.15) is 46.4 Å². The first kappa shape index (κ1) is 19.7. The average Bonchev–Trinajstić information content (AvgIpc) is 2.75. The number of amides is 2. The van der Waals surface area contributed by atoms with Gasteiger partial charge in [-0.15, -0.1) is 0 Å². The van der Waals surface area contributed by atoms with Gasteiger partial charge in [0.05, 0.1) is 14.2 Å². The maximum atomic E-state index is 12.4. The van der Waals surface area contributed by atoms with Crippen molar-refractivity contribution in [2.75, 3.05) is 14.2 Å². The van der Waals surface area contributed by atoms with Crippen LogP contribution in [0.3, 0.4) is 0 Å². The molecule has 1 aliphatic carbocycles. The highest BCUT2D eigenvalue weighted by atomic mass is 16.5. The minimum absolute atomic E-state index is 0.0756. The highest BCUT2D eigenvalue weighted by Crippen LogP contribution is 2.20. The maximum Gasteiger partial charge on any atom is 0.251 e. The Bertz CT molecular complexity index is 725. The van der Waals surface area contributed by atoms with Crippen molar-refractivity contribution in [3.63, 3.8) is 0 Å². The standard InChI is InChI=1S/C22H26N2O4/c1-27-19-11-3-15(4-12-19)21(25)23-17-7-9-18(10-8-17)24-22(26)16-5-13-20(28-2)14-6-16/h3-6,11-14,17-18H,7-10H2,1-2H3,(H,23,25)(H,24,26). The zero-order chi connectivity index (χ0) is 19.9. The number of methoxy groups -OCH3 is 2. The van der Waals surface area contributed by atoms with E-state index in [-0.39, 0.29) is 23.9 Å². The van der Waals surface area contributed by atoms with Crippen molar-refractivity contribution in [3.8, 4) is 11.5 Å². The summed E-state index contributed by atoms with van der Waals surface area (Å²) in [5.41, 5.74) is 1.24. The van der Waals surface area contributed by atoms with Crippen molar-refractivity contribution >= 4 is 11.8 Å². The molecule has 2 N–H and O–H groups in total. The molecule has 3 rings (SSSR count). The third-order valence-corrected chi connectivity index (χ3v) is 5.10. The average molecular weight is 382 g/mol. The van der Waals surface area contributed by atoms with E-state index >= 15 is 0 Å². The van der Waals surface area contributed by atoms with E-state index in [1.807, 2.05) is 0 Å². The molecule has 0 atom stereocenters. The smallest absolute Gasteiger partial charge is 0.251 e. The summed E-state index contributed by atoms with van der Waals surface area (Å²) >= 11 is 0. The van der Waals surface area contributed by atoms with Gasteiger partial charge in [0.1, 0.15) is 11.5 Å². The lowest BCUT2D eigenvalue weighted by molar-refractivity contribution is 0.0892. The number of carbonyl (C=O) groups excluding carboxylic acids is 2. The van der Waals surface area contributed by atoms with Gasteiger partial charge in [-0.3, -0.25) is 9.59 Å². The molecule has 0 bridgehead atoms. The first-order chi connectivity index (χ1) is 13.6. The fourth-order valence-corrected chi connectivity index (χ4v) is 3.40. The molecule has 0 aliphatic heterocycles. The summed E-state index contributed by atoms with van der Waals surface area (Å²) in [6.45, 7) is 0. The number of ether oxygens (including phenoxy) is 2. The van der Waals surface area contributed by atoms with Gasteiger partial charge in [0, 0.05) is 23.2 Å². The van der Waals surface area contributed by atoms with E-state index in [9.17, 15) is 9.59 Å². The summed E-state index contributed by atoms with van der Waals surface area (Å²) < 4.78 is 10.2. The van der Waals surface area contributed by atoms with Gasteiger partial charge >= 0.3 is 0 Å². The monoisotopic (exact) mass is 382 g/mol. The van der Waals surface area contributed by atoms with Crippen molar-refractivity contribution in [2.45, 2.75) is 37.8 Å². The van der Waals surface area contributed by atoms with E-state index < -0.39 is 0 Å². The molecular formula is C22H26N2O4. The Morgan fingerprint density at radius 1 is 0.679 bits per heavy atom. The lowest BCUT2D eigenvalue weighted by Gasteiger charge is -2.29. The maximum absolute atomic E-state index is 12.4. The van der Waals surface area contributed by atoms with Crippen LogP contribution < -0.4 is 20.1 Å². The summed E-state index contributed by atoms with van der Waals surface area (Å²) in [6, 6.07) is 14.4. The van der Waals surface area contributed by atoms with E-state index in [2.05, 4.69) is 10.6 Å². The van der Waals surface area contributed by atoms with Gasteiger partial charge in [-0.1, -0.05) is 0 Å². The second kappa shape index (κ2) is 9.26. The van der Waals surface area contributed by atoms with Crippen LogP contribution in [-0.2, 0) is 0 Å². The number of rotatable bonds is 6. The van der Waals surface area contributed by atoms with E-state index in [1.54, 1.807) is 62.8 Å². The quantitative estimate of drug-likeness (QED) is 0.805. The van der Waals surface area contributed by atoms with Gasteiger partial charge < -0.3 is 20.1 Å². The Hall–Kier alpha value is -3.02. The summed E-state index contributed by atoms with van der Waals surface area (Å²) in [4.78, 5) is 24.8. The third kappa shape index (κ3) is 5.03. The molecule has 1 fully saturated rings. The number of hydrogen-bond donors (Lipinski definition) is 2. The molecule has 6 nitrogen and oxygen atoms in total. The van der Waals surface area contributed by atoms with Gasteiger partial charge in [-0.05, 0) is 74.2 Å². The van der Waals surface area contributed by atoms with E-state index in [4.69, 9.17) is 9.47 Å². The van der Waals surface area contributed by atoms with Crippen LogP contribution in [0.4, 0.5) is 0 Å². The molecule has 1 saturated carbocycles. The van der Waals surface area contributed by atoms with Crippen LogP contribution >= 0.6 is 0 Å². The predicted molar refractivity (Wildman–Crippen MR) is 107 cm³/mol. The van der Waals surface area contributed by atoms with Gasteiger partial charge in [0.2, 0.25) is 0 Å². The molecule has 28 heavy (non-hydrogen) atoms. The molecular weight excluding hydrogens is 356 g/mol. The second-order valence-electron chi connectivity index (χ2n) is 6.95. The van der Waals surface area contributed by atoms with Gasteiger partial charge in [0.15, 0.2) is 0 Å². The molecule has 2 amide bonds. The Morgan fingerprint density at radius 3 is 1.29 bits per heavy atom. The van der Waals surface area contributed by atoms with Crippen molar-refractivity contribution < 1.29 is 19.1 Å². The zero-order valence-electron chi connectivity index (χ0n) is 16.2. The first-order valence-electron chi connectivity index (χ1n) is 9.49. The molecule has 0 heterocycles. The van der Waals surface area contributed by atoms with Gasteiger partial charge in [-0.2, -0.15) is 0 Å². The van der Waals surface area contributed by atoms with Gasteiger partial charge in [0.25, 0.3) is 11.8 Å². The third-order valence-electron chi connectivity index (χ3n) is 5.10. The highest BCUT2D eigenvalue weighted by Gasteiger charge is 2.24. The van der Waals surface area contributed by atoms with Crippen LogP contribution in [0.2, 0.25) is 0 Å². The number of benzene rings is 2. The molecule has 0 aromatic heterocycles. The minimum atomic E-state index is -0.0756. The highest BCUT2D eigenvalue weighted by molar-refractivity contribution is 5.95. The Balaban J connectivity index is 1.45. The number of carbonyl (C=O) groups is 2. The SMILES string of the molecule is COc1ccc(C(=O)NC2CCC(NC(=O)c3ccc(OC)cc3)CC2)cc1. The Labute approximate surface area is 165 Å². The molecule has 0 saturated heterocycles. The predicted octanol–water partition coefficient (Wildman–Crippen LogP) is 3.17. The van der Waals surface area contributed by atoms with Crippen molar-refractivity contribution in [1.29, 1.82) is 0 Å². The summed E-state index contributed by atoms with van der Waals surface area (Å²) in [6.07, 6.45) is 3.37. The molecule has 148 valence electrons. The molecule has 2 aromatic rings. The van der Waals surface area contributed by atoms with Crippen LogP contribution in [0.15, 0.2) is 48.5 Å². The molecule has 0 unspecified atom stereocenters. The fourth-order valence-electron chi connectivity index (χ4n) is 3.40. The molecule has 6 heteroatoms. The van der Waals surface area contributed by atoms with Crippen LogP contribution in [0.25, 0.3) is 0 Å². The summed E-state index contributed by atoms with van der Waals surface area (Å²) in [7, 11) is 3.20. The van der Waals surface area contributed by atoms with Crippen molar-refractivity contribution in [2.24, 2.45) is 0 Å². The number of hydrogen-bond acceptors (Lipinski definition) is 4. The first-order valence-corrected chi connectivity index (χ1v) is 9.49. The topological polar surface area (TPSA) is 76.7 Å². The van der Waals surface area contributed by atoms with E-state index in [1.165, 1.54) is 0 Å². The Morgan fingerprint density at radius 2 is 1.00 bits per heavy atom. The van der Waals surface area contributed by atoms with E-state index in [0.29, 0.717) is 11.1 Å². The molecule has 0 spiro atoms. The van der Waals surface area contributed by atoms with Crippen LogP contribution in [0.5, 0.6) is 11.5 Å². The summed E-state index contributed by atoms with van der Waals surface area (Å²) in [5.74, 6) is 1.30. The minimum Gasteiger partial charge on any atom is -0.497 e. The largest absolute Gasteiger partial charge is 0.497 e. The normalized spacial score (nSPS) is 18.8. The lowest BCUT2D eigenvalue weighted by atomic mass is 9.90. The summed E-state index contributed by atoms with van der Waals surface area (Å²) in [5, 5.41) is 6.17. The zero-order valence-corrected chi connectivity index (χ0v) is 16.2. The Kier molecular flexibility index (Phi) is 6.53. The van der Waals surface area contributed by atoms with Crippen molar-refractivity contribution in [3.05, 3.63) is 59.7 Å². The molecule has 0 radical (unpaired) electrons. The van der Waals surface area contributed by atoms with Crippen LogP contribution in [0, 0.1) is 0 Å². The van der Waals surface area contributed by atoms with Crippen LogP contribution in [-0.4, -0.2) is 38.1 Å². The van der Waals surface area contributed by atoms with E-state index in [0.717, 1.165) is 37.2 Å². The fraction of sp³-hybridized carbons (Fsp3) is 0.364. The van der Waals surface area contributed by atoms with Crippen molar-refractivity contribution in [1.82, 2.24) is 10.6 Å². The second-order valence-corrected chi connectivity index (χ2v) is 6.95. The molecule has 2 aromatic carbocycles. The lowest BCUT2D eigenvalue weighted by Crippen LogP contribution is -2.43. The number of nitrogens with one attached hydrogen (secondary N) is 2. The van der Waals surface area contributed by atoms with Gasteiger partial charge in [-0.25, -0.2) is 0 Å².